The Morgan fingerprint density at radius 1 is 1.07 bits per heavy atom. The van der Waals surface area contributed by atoms with Crippen LogP contribution < -0.4 is 15.5 Å². The Kier molecular flexibility index (Phi) is 6.15. The van der Waals surface area contributed by atoms with E-state index < -0.39 is 37.2 Å². The first-order valence-corrected chi connectivity index (χ1v) is 12.2. The number of ether oxygens (including phenoxy) is 1. The summed E-state index contributed by atoms with van der Waals surface area (Å²) in [6.07, 6.45) is 0.745. The number of hydrogen-bond donors (Lipinski definition) is 3. The summed E-state index contributed by atoms with van der Waals surface area (Å²) in [5.74, 6) is -0.418. The van der Waals surface area contributed by atoms with Crippen LogP contribution in [0.1, 0.15) is 0 Å². The van der Waals surface area contributed by atoms with E-state index in [0.29, 0.717) is 15.8 Å². The highest BCUT2D eigenvalue weighted by atomic mass is 32.2. The summed E-state index contributed by atoms with van der Waals surface area (Å²) in [4.78, 5) is 9.63. The molecule has 30 heavy (non-hydrogen) atoms. The zero-order valence-electron chi connectivity index (χ0n) is 16.0. The van der Waals surface area contributed by atoms with Crippen molar-refractivity contribution in [2.24, 2.45) is 0 Å². The maximum Gasteiger partial charge on any atom is 0.281 e. The summed E-state index contributed by atoms with van der Waals surface area (Å²) < 4.78 is 57.8. The van der Waals surface area contributed by atoms with E-state index in [9.17, 15) is 21.6 Å². The predicted octanol–water partition coefficient (Wildman–Crippen LogP) is 0.319. The largest absolute Gasteiger partial charge is 0.457 e. The fourth-order valence-electron chi connectivity index (χ4n) is 3.22. The van der Waals surface area contributed by atoms with Gasteiger partial charge in [-0.25, -0.2) is 22.3 Å². The minimum absolute atomic E-state index is 0.129. The molecular weight excluding hydrogens is 434 g/mol. The number of para-hydroxylation sites is 1. The Labute approximate surface area is 174 Å². The molecule has 1 fully saturated rings. The number of carbonyl (C=O) groups excluding carboxylic acids is 1. The maximum atomic E-state index is 13.3. The topological polar surface area (TPSA) is 142 Å². The number of sulfone groups is 1. The van der Waals surface area contributed by atoms with Crippen molar-refractivity contribution in [3.63, 3.8) is 0 Å². The van der Waals surface area contributed by atoms with Crippen molar-refractivity contribution in [2.75, 3.05) is 25.9 Å². The Hall–Kier alpha value is -2.51. The van der Waals surface area contributed by atoms with Gasteiger partial charge in [-0.05, 0) is 36.4 Å². The van der Waals surface area contributed by atoms with Gasteiger partial charge in [0.05, 0.1) is 4.90 Å². The van der Waals surface area contributed by atoms with Gasteiger partial charge in [0.1, 0.15) is 11.5 Å². The molecule has 12 heteroatoms. The highest BCUT2D eigenvalue weighted by Crippen LogP contribution is 2.32. The fourth-order valence-corrected chi connectivity index (χ4v) is 6.73. The quantitative estimate of drug-likeness (QED) is 0.418. The van der Waals surface area contributed by atoms with Crippen LogP contribution >= 0.6 is 0 Å². The van der Waals surface area contributed by atoms with Crippen LogP contribution in [0.2, 0.25) is 0 Å². The second-order valence-electron chi connectivity index (χ2n) is 6.64. The third-order valence-electron chi connectivity index (χ3n) is 4.72. The average molecular weight is 456 g/mol. The molecule has 0 aromatic heterocycles. The van der Waals surface area contributed by atoms with E-state index in [4.69, 9.17) is 9.94 Å². The molecule has 1 aliphatic rings. The zero-order valence-corrected chi connectivity index (χ0v) is 17.6. The van der Waals surface area contributed by atoms with Gasteiger partial charge in [-0.1, -0.05) is 18.2 Å². The van der Waals surface area contributed by atoms with E-state index in [1.807, 2.05) is 6.07 Å². The van der Waals surface area contributed by atoms with Gasteiger partial charge in [0.15, 0.2) is 9.84 Å². The van der Waals surface area contributed by atoms with Gasteiger partial charge in [-0.2, -0.15) is 4.31 Å². The Morgan fingerprint density at radius 2 is 1.67 bits per heavy atom. The summed E-state index contributed by atoms with van der Waals surface area (Å²) >= 11 is 0. The monoisotopic (exact) mass is 455 g/mol. The second-order valence-corrected chi connectivity index (χ2v) is 10.7. The number of carbonyl (C=O) groups is 1. The molecule has 1 atom stereocenters. The van der Waals surface area contributed by atoms with Crippen LogP contribution in [0, 0.1) is 0 Å². The molecule has 2 aromatic carbocycles. The lowest BCUT2D eigenvalue weighted by Crippen LogP contribution is -2.72. The number of nitrogens with one attached hydrogen (secondary N) is 2. The Balaban J connectivity index is 1.99. The number of nitrogens with zero attached hydrogens (tertiary/aromatic N) is 1. The van der Waals surface area contributed by atoms with Gasteiger partial charge < -0.3 is 10.1 Å². The van der Waals surface area contributed by atoms with Crippen molar-refractivity contribution in [3.8, 4) is 11.5 Å². The van der Waals surface area contributed by atoms with Crippen molar-refractivity contribution in [2.45, 2.75) is 9.77 Å². The zero-order chi connectivity index (χ0) is 22.0. The van der Waals surface area contributed by atoms with E-state index in [1.165, 1.54) is 29.7 Å². The molecule has 2 aromatic rings. The lowest BCUT2D eigenvalue weighted by Gasteiger charge is -2.42. The molecule has 1 amide bonds. The van der Waals surface area contributed by atoms with Gasteiger partial charge in [-0.15, -0.1) is 0 Å². The summed E-state index contributed by atoms with van der Waals surface area (Å²) in [5, 5.41) is 11.8. The molecule has 0 bridgehead atoms. The lowest BCUT2D eigenvalue weighted by atomic mass is 10.2. The normalized spacial score (nSPS) is 20.5. The van der Waals surface area contributed by atoms with E-state index in [1.54, 1.807) is 24.3 Å². The standard InChI is InChI=1S/C18H21N3O7S2/c1-29(24,25)18(17(22)20-23)13-19-11-12-21(18)30(26,27)16-9-7-15(8-10-16)28-14-5-3-2-4-6-14/h2-10,19,23H,11-13H2,1H3,(H,20,22). The van der Waals surface area contributed by atoms with Crippen molar-refractivity contribution in [3.05, 3.63) is 54.6 Å². The van der Waals surface area contributed by atoms with Crippen LogP contribution in [-0.4, -0.2) is 63.0 Å². The van der Waals surface area contributed by atoms with Gasteiger partial charge in [-0.3, -0.25) is 10.0 Å². The fraction of sp³-hybridized carbons (Fsp3) is 0.278. The molecule has 1 heterocycles. The van der Waals surface area contributed by atoms with Crippen LogP contribution in [0.5, 0.6) is 11.5 Å². The summed E-state index contributed by atoms with van der Waals surface area (Å²) in [5.41, 5.74) is 1.29. The van der Waals surface area contributed by atoms with Crippen LogP contribution in [0.4, 0.5) is 0 Å². The molecule has 0 saturated carbocycles. The molecule has 1 aliphatic heterocycles. The molecule has 0 radical (unpaired) electrons. The first-order chi connectivity index (χ1) is 14.1. The first kappa shape index (κ1) is 22.2. The molecule has 0 aliphatic carbocycles. The molecule has 0 spiro atoms. The van der Waals surface area contributed by atoms with Crippen LogP contribution in [0.15, 0.2) is 59.5 Å². The third-order valence-corrected chi connectivity index (χ3v) is 8.55. The summed E-state index contributed by atoms with van der Waals surface area (Å²) in [7, 11) is -8.71. The molecule has 1 unspecified atom stereocenters. The van der Waals surface area contributed by atoms with Crippen molar-refractivity contribution in [1.82, 2.24) is 15.1 Å². The maximum absolute atomic E-state index is 13.3. The Morgan fingerprint density at radius 3 is 2.23 bits per heavy atom. The average Bonchev–Trinajstić information content (AvgIpc) is 2.73. The van der Waals surface area contributed by atoms with Crippen LogP contribution in [-0.2, 0) is 24.7 Å². The number of sulfonamides is 1. The summed E-state index contributed by atoms with van der Waals surface area (Å²) in [6.45, 7) is -0.665. The van der Waals surface area contributed by atoms with Crippen LogP contribution in [0.25, 0.3) is 0 Å². The highest BCUT2D eigenvalue weighted by Gasteiger charge is 2.58. The van der Waals surface area contributed by atoms with Crippen molar-refractivity contribution < 1.29 is 31.6 Å². The lowest BCUT2D eigenvalue weighted by molar-refractivity contribution is -0.135. The van der Waals surface area contributed by atoms with Gasteiger partial charge in [0, 0.05) is 25.9 Å². The smallest absolute Gasteiger partial charge is 0.281 e. The number of benzene rings is 2. The molecular formula is C18H21N3O7S2. The van der Waals surface area contributed by atoms with Gasteiger partial charge >= 0.3 is 0 Å². The van der Waals surface area contributed by atoms with Crippen molar-refractivity contribution in [1.29, 1.82) is 0 Å². The predicted molar refractivity (Wildman–Crippen MR) is 107 cm³/mol. The van der Waals surface area contributed by atoms with E-state index >= 15 is 0 Å². The highest BCUT2D eigenvalue weighted by molar-refractivity contribution is 7.95. The molecule has 3 rings (SSSR count). The Bertz CT molecular complexity index is 1120. The minimum Gasteiger partial charge on any atom is -0.457 e. The number of rotatable bonds is 6. The van der Waals surface area contributed by atoms with E-state index in [-0.39, 0.29) is 18.0 Å². The minimum atomic E-state index is -4.41. The molecule has 10 nitrogen and oxygen atoms in total. The van der Waals surface area contributed by atoms with E-state index in [0.717, 1.165) is 6.26 Å². The van der Waals surface area contributed by atoms with Gasteiger partial charge in [0.2, 0.25) is 14.9 Å². The number of hydroxylamine groups is 1. The number of amides is 1. The molecule has 162 valence electrons. The van der Waals surface area contributed by atoms with Crippen molar-refractivity contribution >= 4 is 25.8 Å². The SMILES string of the molecule is CS(=O)(=O)C1(C(=O)NO)CNCCN1S(=O)(=O)c1ccc(Oc2ccccc2)cc1. The molecule has 1 saturated heterocycles. The first-order valence-electron chi connectivity index (χ1n) is 8.83. The number of piperazine rings is 1. The molecule has 3 N–H and O–H groups in total. The second kappa shape index (κ2) is 8.32. The summed E-state index contributed by atoms with van der Waals surface area (Å²) in [6, 6.07) is 14.3. The van der Waals surface area contributed by atoms with Gasteiger partial charge in [0.25, 0.3) is 5.91 Å². The van der Waals surface area contributed by atoms with Crippen LogP contribution in [0.3, 0.4) is 0 Å². The third kappa shape index (κ3) is 3.91. The van der Waals surface area contributed by atoms with E-state index in [2.05, 4.69) is 5.32 Å². The number of hydrogen-bond acceptors (Lipinski definition) is 8.